The zero-order valence-electron chi connectivity index (χ0n) is 6.62. The fourth-order valence-electron chi connectivity index (χ4n) is 0.494. The average molecular weight is 162 g/mol. The van der Waals surface area contributed by atoms with Gasteiger partial charge in [0.1, 0.15) is 0 Å². The number of rotatable bonds is 5. The van der Waals surface area contributed by atoms with Gasteiger partial charge in [-0.25, -0.2) is 5.06 Å². The van der Waals surface area contributed by atoms with Gasteiger partial charge in [0.2, 0.25) is 5.91 Å². The molecule has 0 spiro atoms. The average Bonchev–Trinajstić information content (AvgIpc) is 1.97. The second kappa shape index (κ2) is 6.09. The molecule has 0 aromatic heterocycles. The molecule has 0 atom stereocenters. The number of carbonyl (C=O) groups is 1. The predicted octanol–water partition coefficient (Wildman–Crippen LogP) is -0.801. The van der Waals surface area contributed by atoms with Crippen LogP contribution in [0.3, 0.4) is 0 Å². The zero-order valence-corrected chi connectivity index (χ0v) is 6.62. The molecule has 0 saturated carbocycles. The Morgan fingerprint density at radius 1 is 1.64 bits per heavy atom. The number of nitrogens with two attached hydrogens (primary N) is 1. The van der Waals surface area contributed by atoms with E-state index < -0.39 is 0 Å². The lowest BCUT2D eigenvalue weighted by molar-refractivity contribution is -0.165. The first-order chi connectivity index (χ1) is 5.18. The van der Waals surface area contributed by atoms with E-state index in [4.69, 9.17) is 15.7 Å². The summed E-state index contributed by atoms with van der Waals surface area (Å²) in [6.07, 6.45) is 0. The van der Waals surface area contributed by atoms with Crippen molar-refractivity contribution in [2.24, 2.45) is 5.73 Å². The molecule has 11 heavy (non-hydrogen) atoms. The summed E-state index contributed by atoms with van der Waals surface area (Å²) in [5, 5.41) is 9.41. The summed E-state index contributed by atoms with van der Waals surface area (Å²) in [6.45, 7) is 2.68. The summed E-state index contributed by atoms with van der Waals surface area (Å²) in [5.41, 5.74) is 5.14. The van der Waals surface area contributed by atoms with Gasteiger partial charge in [0.25, 0.3) is 0 Å². The van der Waals surface area contributed by atoms with Crippen LogP contribution in [-0.2, 0) is 9.53 Å². The van der Waals surface area contributed by atoms with Crippen LogP contribution in [0, 0.1) is 0 Å². The van der Waals surface area contributed by atoms with Crippen molar-refractivity contribution in [1.29, 1.82) is 0 Å². The van der Waals surface area contributed by atoms with Crippen molar-refractivity contribution < 1.29 is 14.7 Å². The minimum Gasteiger partial charge on any atom is -0.378 e. The number of hydrogen-bond donors (Lipinski definition) is 2. The lowest BCUT2D eigenvalue weighted by Crippen LogP contribution is -2.28. The maximum absolute atomic E-state index is 10.4. The molecule has 0 aromatic carbocycles. The highest BCUT2D eigenvalue weighted by atomic mass is 16.5. The topological polar surface area (TPSA) is 75.8 Å². The molecule has 0 radical (unpaired) electrons. The van der Waals surface area contributed by atoms with E-state index in [1.807, 2.05) is 0 Å². The summed E-state index contributed by atoms with van der Waals surface area (Å²) in [6, 6.07) is 0. The van der Waals surface area contributed by atoms with Crippen LogP contribution in [0.15, 0.2) is 0 Å². The molecule has 0 fully saturated rings. The summed E-state index contributed by atoms with van der Waals surface area (Å²) in [4.78, 5) is 10.4. The summed E-state index contributed by atoms with van der Waals surface area (Å²) in [7, 11) is 0. The molecule has 1 amide bonds. The van der Waals surface area contributed by atoms with Crippen LogP contribution in [0.5, 0.6) is 0 Å². The van der Waals surface area contributed by atoms with Gasteiger partial charge in [0.15, 0.2) is 0 Å². The molecule has 0 aliphatic heterocycles. The van der Waals surface area contributed by atoms with Crippen LogP contribution in [0.1, 0.15) is 6.92 Å². The smallest absolute Gasteiger partial charge is 0.242 e. The van der Waals surface area contributed by atoms with Gasteiger partial charge in [-0.2, -0.15) is 0 Å². The summed E-state index contributed by atoms with van der Waals surface area (Å²) >= 11 is 0. The van der Waals surface area contributed by atoms with Crippen molar-refractivity contribution in [3.8, 4) is 0 Å². The molecular formula is C6H14N2O3. The van der Waals surface area contributed by atoms with Crippen LogP contribution in [0.25, 0.3) is 0 Å². The highest BCUT2D eigenvalue weighted by Crippen LogP contribution is 1.82. The van der Waals surface area contributed by atoms with Gasteiger partial charge < -0.3 is 10.5 Å². The minimum absolute atomic E-state index is 0.190. The number of hydrogen-bond acceptors (Lipinski definition) is 4. The molecule has 66 valence electrons. The Morgan fingerprint density at radius 3 is 2.73 bits per heavy atom. The molecule has 0 rings (SSSR count). The number of ether oxygens (including phenoxy) is 1. The van der Waals surface area contributed by atoms with Crippen molar-refractivity contribution >= 4 is 5.91 Å². The molecule has 0 aromatic rings. The fourth-order valence-corrected chi connectivity index (χ4v) is 0.494. The molecule has 5 heteroatoms. The molecule has 3 N–H and O–H groups in total. The number of amides is 1. The Labute approximate surface area is 65.7 Å². The molecule has 0 unspecified atom stereocenters. The number of hydroxylamine groups is 2. The number of nitrogens with zero attached hydrogens (tertiary/aromatic N) is 1. The van der Waals surface area contributed by atoms with Crippen molar-refractivity contribution in [1.82, 2.24) is 5.06 Å². The van der Waals surface area contributed by atoms with E-state index in [1.165, 1.54) is 6.92 Å². The van der Waals surface area contributed by atoms with E-state index in [0.29, 0.717) is 24.8 Å². The Bertz CT molecular complexity index is 118. The van der Waals surface area contributed by atoms with Crippen LogP contribution >= 0.6 is 0 Å². The summed E-state index contributed by atoms with van der Waals surface area (Å²) in [5.74, 6) is -0.388. The Balaban J connectivity index is 3.17. The molecule has 5 nitrogen and oxygen atoms in total. The molecule has 0 bridgehead atoms. The Morgan fingerprint density at radius 2 is 2.27 bits per heavy atom. The molecule has 0 saturated heterocycles. The highest BCUT2D eigenvalue weighted by molar-refractivity contribution is 5.71. The standard InChI is InChI=1S/C6H14N2O3/c1-6(9)8(10)3-5-11-4-2-7/h10H,2-5,7H2,1H3. The van der Waals surface area contributed by atoms with Gasteiger partial charge in [0.05, 0.1) is 19.8 Å². The first-order valence-electron chi connectivity index (χ1n) is 3.43. The SMILES string of the molecule is CC(=O)N(O)CCOCCN. The second-order valence-electron chi connectivity index (χ2n) is 2.04. The van der Waals surface area contributed by atoms with Gasteiger partial charge in [-0.05, 0) is 0 Å². The van der Waals surface area contributed by atoms with E-state index in [1.54, 1.807) is 0 Å². The molecule has 0 aliphatic carbocycles. The monoisotopic (exact) mass is 162 g/mol. The largest absolute Gasteiger partial charge is 0.378 e. The van der Waals surface area contributed by atoms with E-state index in [0.717, 1.165) is 0 Å². The zero-order chi connectivity index (χ0) is 8.69. The predicted molar refractivity (Wildman–Crippen MR) is 39.0 cm³/mol. The summed E-state index contributed by atoms with van der Waals surface area (Å²) < 4.78 is 4.92. The highest BCUT2D eigenvalue weighted by Gasteiger charge is 2.02. The van der Waals surface area contributed by atoms with Gasteiger partial charge in [-0.1, -0.05) is 0 Å². The second-order valence-corrected chi connectivity index (χ2v) is 2.04. The normalized spacial score (nSPS) is 9.73. The van der Waals surface area contributed by atoms with Crippen LogP contribution in [-0.4, -0.2) is 42.5 Å². The van der Waals surface area contributed by atoms with Crippen molar-refractivity contribution in [2.45, 2.75) is 6.92 Å². The van der Waals surface area contributed by atoms with Gasteiger partial charge in [-0.3, -0.25) is 10.0 Å². The van der Waals surface area contributed by atoms with Crippen LogP contribution in [0.2, 0.25) is 0 Å². The van der Waals surface area contributed by atoms with Crippen molar-refractivity contribution in [2.75, 3.05) is 26.3 Å². The Hall–Kier alpha value is -0.650. The van der Waals surface area contributed by atoms with Gasteiger partial charge in [0, 0.05) is 13.5 Å². The quantitative estimate of drug-likeness (QED) is 0.315. The van der Waals surface area contributed by atoms with Crippen LogP contribution < -0.4 is 5.73 Å². The minimum atomic E-state index is -0.388. The van der Waals surface area contributed by atoms with E-state index >= 15 is 0 Å². The molecule has 0 aliphatic rings. The molecule has 0 heterocycles. The van der Waals surface area contributed by atoms with E-state index in [-0.39, 0.29) is 12.5 Å². The van der Waals surface area contributed by atoms with Gasteiger partial charge in [-0.15, -0.1) is 0 Å². The van der Waals surface area contributed by atoms with Crippen molar-refractivity contribution in [3.63, 3.8) is 0 Å². The maximum Gasteiger partial charge on any atom is 0.242 e. The lowest BCUT2D eigenvalue weighted by atomic mass is 10.6. The fraction of sp³-hybridized carbons (Fsp3) is 0.833. The third-order valence-electron chi connectivity index (χ3n) is 1.07. The van der Waals surface area contributed by atoms with Gasteiger partial charge >= 0.3 is 0 Å². The molecular weight excluding hydrogens is 148 g/mol. The third-order valence-corrected chi connectivity index (χ3v) is 1.07. The number of carbonyl (C=O) groups excluding carboxylic acids is 1. The van der Waals surface area contributed by atoms with Crippen LogP contribution in [0.4, 0.5) is 0 Å². The van der Waals surface area contributed by atoms with Crippen molar-refractivity contribution in [3.05, 3.63) is 0 Å². The first kappa shape index (κ1) is 10.3. The lowest BCUT2D eigenvalue weighted by Gasteiger charge is -2.11. The maximum atomic E-state index is 10.4. The Kier molecular flexibility index (Phi) is 5.73. The third kappa shape index (κ3) is 5.78. The first-order valence-corrected chi connectivity index (χ1v) is 3.43. The van der Waals surface area contributed by atoms with E-state index in [2.05, 4.69) is 0 Å². The van der Waals surface area contributed by atoms with E-state index in [9.17, 15) is 4.79 Å².